The molecule has 0 aromatic heterocycles. The minimum atomic E-state index is -2.26. The molecule has 10 heteroatoms. The topological polar surface area (TPSA) is 104 Å². The number of nitrogens with zero attached hydrogens (tertiary/aromatic N) is 1. The number of fused-ring (bicyclic) bond motifs is 3. The van der Waals surface area contributed by atoms with Crippen LogP contribution in [-0.2, 0) is 30.2 Å². The van der Waals surface area contributed by atoms with Crippen molar-refractivity contribution < 1.29 is 42.8 Å². The summed E-state index contributed by atoms with van der Waals surface area (Å²) in [6.07, 6.45) is 2.69. The molecule has 0 amide bonds. The standard InChI is InChI=1S/C28H36FNO8/c1-26(2,29)8-9-28(33,15-22(31)35-4)25(32)38-24-21(34-3)14-27-7-5-10-30(27)11-6-17-12-19-20(37-16-36-19)13-18(17)23(24)27/h12-14,23-24,33H,5-11,15-16H2,1-4H3/t23-,24?,27+,28-/m1/s1. The molecule has 3 heterocycles. The summed E-state index contributed by atoms with van der Waals surface area (Å²) in [6.45, 7) is 4.56. The van der Waals surface area contributed by atoms with E-state index in [1.54, 1.807) is 0 Å². The second-order valence-electron chi connectivity index (χ2n) is 11.3. The molecule has 0 bridgehead atoms. The third kappa shape index (κ3) is 4.62. The molecule has 9 nitrogen and oxygen atoms in total. The minimum Gasteiger partial charge on any atom is -0.497 e. The molecule has 1 saturated heterocycles. The number of carbonyl (C=O) groups is 2. The zero-order valence-corrected chi connectivity index (χ0v) is 22.4. The number of methoxy groups -OCH3 is 2. The highest BCUT2D eigenvalue weighted by molar-refractivity contribution is 5.86. The van der Waals surface area contributed by atoms with Crippen molar-refractivity contribution in [2.75, 3.05) is 34.1 Å². The first-order valence-corrected chi connectivity index (χ1v) is 13.1. The van der Waals surface area contributed by atoms with Gasteiger partial charge in [0.25, 0.3) is 0 Å². The lowest BCUT2D eigenvalue weighted by atomic mass is 9.77. The fraction of sp³-hybridized carbons (Fsp3) is 0.643. The Morgan fingerprint density at radius 2 is 1.92 bits per heavy atom. The highest BCUT2D eigenvalue weighted by Gasteiger charge is 2.59. The summed E-state index contributed by atoms with van der Waals surface area (Å²) >= 11 is 0. The van der Waals surface area contributed by atoms with Crippen molar-refractivity contribution in [3.63, 3.8) is 0 Å². The van der Waals surface area contributed by atoms with E-state index in [1.807, 2.05) is 18.2 Å². The van der Waals surface area contributed by atoms with Gasteiger partial charge in [-0.1, -0.05) is 0 Å². The number of carbonyl (C=O) groups excluding carboxylic acids is 2. The van der Waals surface area contributed by atoms with Crippen molar-refractivity contribution in [3.05, 3.63) is 35.1 Å². The lowest BCUT2D eigenvalue weighted by Gasteiger charge is -2.39. The largest absolute Gasteiger partial charge is 0.497 e. The molecule has 1 unspecified atom stereocenters. The van der Waals surface area contributed by atoms with E-state index in [9.17, 15) is 19.1 Å². The summed E-state index contributed by atoms with van der Waals surface area (Å²) in [4.78, 5) is 28.2. The van der Waals surface area contributed by atoms with Crippen molar-refractivity contribution in [2.45, 2.75) is 81.2 Å². The summed E-state index contributed by atoms with van der Waals surface area (Å²) in [5.74, 6) is -0.335. The average molecular weight is 534 g/mol. The molecular weight excluding hydrogens is 497 g/mol. The molecule has 4 aliphatic rings. The van der Waals surface area contributed by atoms with E-state index in [0.717, 1.165) is 43.5 Å². The van der Waals surface area contributed by atoms with Crippen LogP contribution in [0.1, 0.15) is 63.0 Å². The second kappa shape index (κ2) is 9.72. The molecule has 1 fully saturated rings. The average Bonchev–Trinajstić information content (AvgIpc) is 3.56. The molecule has 4 atom stereocenters. The Kier molecular flexibility index (Phi) is 6.84. The summed E-state index contributed by atoms with van der Waals surface area (Å²) in [6, 6.07) is 3.96. The van der Waals surface area contributed by atoms with Gasteiger partial charge in [0.1, 0.15) is 11.4 Å². The first kappa shape index (κ1) is 26.7. The third-order valence-electron chi connectivity index (χ3n) is 8.38. The minimum absolute atomic E-state index is 0.144. The van der Waals surface area contributed by atoms with E-state index >= 15 is 0 Å². The molecule has 1 aliphatic carbocycles. The molecule has 0 saturated carbocycles. The molecule has 208 valence electrons. The van der Waals surface area contributed by atoms with Crippen LogP contribution in [0, 0.1) is 0 Å². The van der Waals surface area contributed by atoms with Crippen LogP contribution in [0.4, 0.5) is 4.39 Å². The Hall–Kier alpha value is -2.85. The van der Waals surface area contributed by atoms with E-state index in [1.165, 1.54) is 28.1 Å². The monoisotopic (exact) mass is 533 g/mol. The fourth-order valence-electron chi connectivity index (χ4n) is 6.40. The van der Waals surface area contributed by atoms with Gasteiger partial charge in [-0.05, 0) is 81.8 Å². The Bertz CT molecular complexity index is 1150. The van der Waals surface area contributed by atoms with Crippen LogP contribution in [-0.4, -0.2) is 79.0 Å². The van der Waals surface area contributed by atoms with Gasteiger partial charge in [-0.3, -0.25) is 9.69 Å². The van der Waals surface area contributed by atoms with Crippen LogP contribution in [0.5, 0.6) is 11.5 Å². The zero-order valence-electron chi connectivity index (χ0n) is 22.4. The Morgan fingerprint density at radius 1 is 1.18 bits per heavy atom. The van der Waals surface area contributed by atoms with E-state index in [0.29, 0.717) is 17.3 Å². The van der Waals surface area contributed by atoms with Crippen molar-refractivity contribution in [1.29, 1.82) is 0 Å². The Balaban J connectivity index is 1.53. The molecule has 38 heavy (non-hydrogen) atoms. The van der Waals surface area contributed by atoms with Gasteiger partial charge >= 0.3 is 11.9 Å². The van der Waals surface area contributed by atoms with Gasteiger partial charge in [-0.2, -0.15) is 0 Å². The van der Waals surface area contributed by atoms with Gasteiger partial charge in [0, 0.05) is 6.54 Å². The normalized spacial score (nSPS) is 27.4. The smallest absolute Gasteiger partial charge is 0.339 e. The number of ether oxygens (including phenoxy) is 5. The maximum Gasteiger partial charge on any atom is 0.339 e. The number of aliphatic hydroxyl groups is 1. The van der Waals surface area contributed by atoms with Crippen molar-refractivity contribution in [2.24, 2.45) is 0 Å². The molecule has 3 aliphatic heterocycles. The maximum atomic E-state index is 14.4. The summed E-state index contributed by atoms with van der Waals surface area (Å²) < 4.78 is 42.3. The molecule has 1 aromatic carbocycles. The Morgan fingerprint density at radius 3 is 2.61 bits per heavy atom. The maximum absolute atomic E-state index is 14.4. The van der Waals surface area contributed by atoms with E-state index in [4.69, 9.17) is 23.7 Å². The number of hydrogen-bond donors (Lipinski definition) is 1. The van der Waals surface area contributed by atoms with Crippen LogP contribution in [0.2, 0.25) is 0 Å². The number of rotatable bonds is 8. The van der Waals surface area contributed by atoms with Crippen LogP contribution in [0.3, 0.4) is 0 Å². The molecule has 5 rings (SSSR count). The van der Waals surface area contributed by atoms with E-state index in [2.05, 4.69) is 4.90 Å². The molecule has 0 radical (unpaired) electrons. The number of alkyl halides is 1. The lowest BCUT2D eigenvalue weighted by Crippen LogP contribution is -2.49. The highest BCUT2D eigenvalue weighted by atomic mass is 19.1. The number of halogens is 1. The number of esters is 2. The van der Waals surface area contributed by atoms with Gasteiger partial charge in [0.15, 0.2) is 23.2 Å². The van der Waals surface area contributed by atoms with Crippen LogP contribution in [0.25, 0.3) is 0 Å². The van der Waals surface area contributed by atoms with Gasteiger partial charge in [0.2, 0.25) is 6.79 Å². The zero-order chi connectivity index (χ0) is 27.3. The molecular formula is C28H36FNO8. The molecule has 1 aromatic rings. The number of benzene rings is 1. The number of hydrogen-bond acceptors (Lipinski definition) is 9. The van der Waals surface area contributed by atoms with Gasteiger partial charge in [-0.25, -0.2) is 9.18 Å². The van der Waals surface area contributed by atoms with Crippen molar-refractivity contribution in [3.8, 4) is 11.5 Å². The molecule has 1 N–H and O–H groups in total. The second-order valence-corrected chi connectivity index (χ2v) is 11.3. The lowest BCUT2D eigenvalue weighted by molar-refractivity contribution is -0.179. The van der Waals surface area contributed by atoms with Gasteiger partial charge in [-0.15, -0.1) is 0 Å². The Labute approximate surface area is 221 Å². The van der Waals surface area contributed by atoms with Crippen LogP contribution >= 0.6 is 0 Å². The SMILES string of the molecule is COC(=O)C[C@](O)(CCC(C)(C)F)C(=O)OC1C(OC)=C[C@]23CCCN2CCc2cc4c(cc2[C@H]13)OCO4. The third-order valence-corrected chi connectivity index (χ3v) is 8.38. The predicted octanol–water partition coefficient (Wildman–Crippen LogP) is 3.17. The van der Waals surface area contributed by atoms with Gasteiger partial charge in [0.05, 0.1) is 32.1 Å². The first-order valence-electron chi connectivity index (χ1n) is 13.1. The first-order chi connectivity index (χ1) is 18.0. The quantitative estimate of drug-likeness (QED) is 0.505. The summed E-state index contributed by atoms with van der Waals surface area (Å²) in [5.41, 5.74) is -2.32. The predicted molar refractivity (Wildman–Crippen MR) is 134 cm³/mol. The van der Waals surface area contributed by atoms with Gasteiger partial charge < -0.3 is 28.8 Å². The van der Waals surface area contributed by atoms with Crippen molar-refractivity contribution >= 4 is 11.9 Å². The van der Waals surface area contributed by atoms with E-state index in [-0.39, 0.29) is 25.6 Å². The molecule has 1 spiro atoms. The summed E-state index contributed by atoms with van der Waals surface area (Å²) in [5, 5.41) is 11.4. The van der Waals surface area contributed by atoms with E-state index < -0.39 is 41.3 Å². The van der Waals surface area contributed by atoms with Crippen molar-refractivity contribution in [1.82, 2.24) is 4.90 Å². The van der Waals surface area contributed by atoms with Crippen LogP contribution in [0.15, 0.2) is 24.0 Å². The highest BCUT2D eigenvalue weighted by Crippen LogP contribution is 2.55. The van der Waals surface area contributed by atoms with Crippen LogP contribution < -0.4 is 9.47 Å². The fourth-order valence-corrected chi connectivity index (χ4v) is 6.40. The summed E-state index contributed by atoms with van der Waals surface area (Å²) in [7, 11) is 2.70.